The van der Waals surface area contributed by atoms with Gasteiger partial charge in [0.1, 0.15) is 11.5 Å². The standard InChI is InChI=1S/C15H20N2O2/c1-10(15-11(2)17-19-12(15)3)16-9-13-6-5-7-14(8-13)18-4/h5-8,10,16H,9H2,1-4H3. The van der Waals surface area contributed by atoms with Crippen molar-refractivity contribution in [3.8, 4) is 5.75 Å². The molecule has 1 atom stereocenters. The Hall–Kier alpha value is -1.81. The third-order valence-electron chi connectivity index (χ3n) is 3.27. The summed E-state index contributed by atoms with van der Waals surface area (Å²) in [5.41, 5.74) is 3.28. The summed E-state index contributed by atoms with van der Waals surface area (Å²) in [5, 5.41) is 7.46. The first-order valence-corrected chi connectivity index (χ1v) is 6.41. The molecule has 0 saturated heterocycles. The molecule has 2 aromatic rings. The Labute approximate surface area is 113 Å². The second-order valence-corrected chi connectivity index (χ2v) is 4.69. The Balaban J connectivity index is 2.02. The number of methoxy groups -OCH3 is 1. The van der Waals surface area contributed by atoms with Crippen molar-refractivity contribution in [2.24, 2.45) is 0 Å². The van der Waals surface area contributed by atoms with Crippen LogP contribution in [0.15, 0.2) is 28.8 Å². The minimum absolute atomic E-state index is 0.206. The summed E-state index contributed by atoms with van der Waals surface area (Å²) >= 11 is 0. The number of nitrogens with zero attached hydrogens (tertiary/aromatic N) is 1. The molecular weight excluding hydrogens is 240 g/mol. The van der Waals surface area contributed by atoms with E-state index in [-0.39, 0.29) is 6.04 Å². The first-order chi connectivity index (χ1) is 9.11. The largest absolute Gasteiger partial charge is 0.497 e. The fraction of sp³-hybridized carbons (Fsp3) is 0.400. The Kier molecular flexibility index (Phi) is 4.22. The van der Waals surface area contributed by atoms with Gasteiger partial charge in [0.2, 0.25) is 0 Å². The molecule has 0 bridgehead atoms. The second kappa shape index (κ2) is 5.89. The molecule has 4 nitrogen and oxygen atoms in total. The van der Waals surface area contributed by atoms with Crippen molar-refractivity contribution in [2.45, 2.75) is 33.4 Å². The van der Waals surface area contributed by atoms with Crippen LogP contribution in [0.5, 0.6) is 5.75 Å². The molecule has 0 fully saturated rings. The molecule has 0 aliphatic carbocycles. The molecule has 0 aliphatic heterocycles. The highest BCUT2D eigenvalue weighted by molar-refractivity contribution is 5.29. The van der Waals surface area contributed by atoms with Crippen molar-refractivity contribution >= 4 is 0 Å². The van der Waals surface area contributed by atoms with Gasteiger partial charge in [-0.05, 0) is 38.5 Å². The summed E-state index contributed by atoms with van der Waals surface area (Å²) in [7, 11) is 1.68. The topological polar surface area (TPSA) is 47.3 Å². The molecule has 102 valence electrons. The van der Waals surface area contributed by atoms with E-state index in [2.05, 4.69) is 23.5 Å². The predicted molar refractivity (Wildman–Crippen MR) is 74.2 cm³/mol. The van der Waals surface area contributed by atoms with Gasteiger partial charge in [-0.2, -0.15) is 0 Å². The lowest BCUT2D eigenvalue weighted by molar-refractivity contribution is 0.390. The molecule has 0 radical (unpaired) electrons. The van der Waals surface area contributed by atoms with Gasteiger partial charge < -0.3 is 14.6 Å². The van der Waals surface area contributed by atoms with Crippen LogP contribution in [0.3, 0.4) is 0 Å². The summed E-state index contributed by atoms with van der Waals surface area (Å²) in [5.74, 6) is 1.76. The quantitative estimate of drug-likeness (QED) is 0.897. The highest BCUT2D eigenvalue weighted by Crippen LogP contribution is 2.21. The van der Waals surface area contributed by atoms with Gasteiger partial charge in [-0.25, -0.2) is 0 Å². The van der Waals surface area contributed by atoms with E-state index in [0.29, 0.717) is 0 Å². The first-order valence-electron chi connectivity index (χ1n) is 6.41. The zero-order valence-corrected chi connectivity index (χ0v) is 11.9. The van der Waals surface area contributed by atoms with Gasteiger partial charge in [-0.1, -0.05) is 17.3 Å². The van der Waals surface area contributed by atoms with Gasteiger partial charge in [0, 0.05) is 18.2 Å². The van der Waals surface area contributed by atoms with E-state index in [0.717, 1.165) is 29.3 Å². The molecule has 0 aliphatic rings. The average molecular weight is 260 g/mol. The van der Waals surface area contributed by atoms with Crippen molar-refractivity contribution in [1.82, 2.24) is 10.5 Å². The third kappa shape index (κ3) is 3.15. The van der Waals surface area contributed by atoms with Crippen LogP contribution in [0.4, 0.5) is 0 Å². The van der Waals surface area contributed by atoms with Crippen LogP contribution in [0.25, 0.3) is 0 Å². The molecule has 4 heteroatoms. The van der Waals surface area contributed by atoms with Crippen molar-refractivity contribution < 1.29 is 9.26 Å². The van der Waals surface area contributed by atoms with E-state index in [1.165, 1.54) is 5.56 Å². The zero-order chi connectivity index (χ0) is 13.8. The summed E-state index contributed by atoms with van der Waals surface area (Å²) < 4.78 is 10.4. The molecule has 1 aromatic heterocycles. The number of hydrogen-bond acceptors (Lipinski definition) is 4. The Morgan fingerprint density at radius 3 is 2.79 bits per heavy atom. The highest BCUT2D eigenvalue weighted by Gasteiger charge is 2.15. The average Bonchev–Trinajstić information content (AvgIpc) is 2.76. The van der Waals surface area contributed by atoms with Gasteiger partial charge >= 0.3 is 0 Å². The molecule has 1 heterocycles. The molecule has 1 N–H and O–H groups in total. The van der Waals surface area contributed by atoms with E-state index in [9.17, 15) is 0 Å². The lowest BCUT2D eigenvalue weighted by Crippen LogP contribution is -2.19. The van der Waals surface area contributed by atoms with Gasteiger partial charge in [0.15, 0.2) is 0 Å². The van der Waals surface area contributed by atoms with Crippen molar-refractivity contribution in [3.63, 3.8) is 0 Å². The number of aryl methyl sites for hydroxylation is 2. The molecule has 19 heavy (non-hydrogen) atoms. The molecule has 0 spiro atoms. The molecule has 1 aromatic carbocycles. The van der Waals surface area contributed by atoms with Gasteiger partial charge in [-0.3, -0.25) is 0 Å². The SMILES string of the molecule is COc1cccc(CNC(C)c2c(C)noc2C)c1. The fourth-order valence-corrected chi connectivity index (χ4v) is 2.26. The van der Waals surface area contributed by atoms with E-state index in [4.69, 9.17) is 9.26 Å². The van der Waals surface area contributed by atoms with E-state index in [1.807, 2.05) is 32.0 Å². The number of ether oxygens (including phenoxy) is 1. The number of benzene rings is 1. The molecule has 2 rings (SSSR count). The van der Waals surface area contributed by atoms with Crippen LogP contribution in [0.2, 0.25) is 0 Å². The summed E-state index contributed by atoms with van der Waals surface area (Å²) in [6, 6.07) is 8.26. The maximum atomic E-state index is 5.22. The summed E-state index contributed by atoms with van der Waals surface area (Å²) in [6.45, 7) is 6.81. The molecule has 1 unspecified atom stereocenters. The maximum absolute atomic E-state index is 5.22. The van der Waals surface area contributed by atoms with E-state index >= 15 is 0 Å². The summed E-state index contributed by atoms with van der Waals surface area (Å²) in [6.07, 6.45) is 0. The van der Waals surface area contributed by atoms with Crippen molar-refractivity contribution in [3.05, 3.63) is 46.8 Å². The highest BCUT2D eigenvalue weighted by atomic mass is 16.5. The Bertz CT molecular complexity index is 529. The third-order valence-corrected chi connectivity index (χ3v) is 3.27. The lowest BCUT2D eigenvalue weighted by Gasteiger charge is -2.14. The van der Waals surface area contributed by atoms with Crippen LogP contribution < -0.4 is 10.1 Å². The van der Waals surface area contributed by atoms with Crippen LogP contribution in [-0.4, -0.2) is 12.3 Å². The number of nitrogens with one attached hydrogen (secondary N) is 1. The minimum atomic E-state index is 0.206. The number of aromatic nitrogens is 1. The maximum Gasteiger partial charge on any atom is 0.138 e. The fourth-order valence-electron chi connectivity index (χ4n) is 2.26. The summed E-state index contributed by atoms with van der Waals surface area (Å²) in [4.78, 5) is 0. The first kappa shape index (κ1) is 13.6. The van der Waals surface area contributed by atoms with E-state index < -0.39 is 0 Å². The second-order valence-electron chi connectivity index (χ2n) is 4.69. The molecular formula is C15H20N2O2. The smallest absolute Gasteiger partial charge is 0.138 e. The Morgan fingerprint density at radius 2 is 2.16 bits per heavy atom. The molecule has 0 saturated carbocycles. The number of rotatable bonds is 5. The van der Waals surface area contributed by atoms with Crippen LogP contribution in [0, 0.1) is 13.8 Å². The van der Waals surface area contributed by atoms with Crippen LogP contribution >= 0.6 is 0 Å². The van der Waals surface area contributed by atoms with Gasteiger partial charge in [0.05, 0.1) is 12.8 Å². The number of hydrogen-bond donors (Lipinski definition) is 1. The predicted octanol–water partition coefficient (Wildman–Crippen LogP) is 3.15. The normalized spacial score (nSPS) is 12.4. The van der Waals surface area contributed by atoms with Gasteiger partial charge in [-0.15, -0.1) is 0 Å². The van der Waals surface area contributed by atoms with E-state index in [1.54, 1.807) is 7.11 Å². The zero-order valence-electron chi connectivity index (χ0n) is 11.9. The monoisotopic (exact) mass is 260 g/mol. The molecule has 0 amide bonds. The lowest BCUT2D eigenvalue weighted by atomic mass is 10.1. The van der Waals surface area contributed by atoms with Gasteiger partial charge in [0.25, 0.3) is 0 Å². The van der Waals surface area contributed by atoms with Crippen LogP contribution in [0.1, 0.15) is 35.5 Å². The van der Waals surface area contributed by atoms with Crippen molar-refractivity contribution in [2.75, 3.05) is 7.11 Å². The van der Waals surface area contributed by atoms with Crippen LogP contribution in [-0.2, 0) is 6.54 Å². The van der Waals surface area contributed by atoms with Crippen molar-refractivity contribution in [1.29, 1.82) is 0 Å². The Morgan fingerprint density at radius 1 is 1.37 bits per heavy atom. The minimum Gasteiger partial charge on any atom is -0.497 e.